The van der Waals surface area contributed by atoms with Gasteiger partial charge < -0.3 is 10.6 Å². The fraction of sp³-hybridized carbons (Fsp3) is 0.333. The van der Waals surface area contributed by atoms with Crippen molar-refractivity contribution < 1.29 is 4.39 Å². The average Bonchev–Trinajstić information content (AvgIpc) is 2.41. The lowest BCUT2D eigenvalue weighted by Crippen LogP contribution is -2.14. The molecule has 0 bridgehead atoms. The molecule has 2 N–H and O–H groups in total. The van der Waals surface area contributed by atoms with Crippen LogP contribution in [-0.2, 0) is 6.42 Å². The minimum atomic E-state index is -0.207. The van der Waals surface area contributed by atoms with E-state index in [9.17, 15) is 4.39 Å². The van der Waals surface area contributed by atoms with Gasteiger partial charge in [0.1, 0.15) is 11.6 Å². The summed E-state index contributed by atoms with van der Waals surface area (Å²) < 4.78 is 12.8. The summed E-state index contributed by atoms with van der Waals surface area (Å²) in [4.78, 5) is 8.52. The monoisotopic (exact) mass is 274 g/mol. The highest BCUT2D eigenvalue weighted by Gasteiger charge is 2.00. The fourth-order valence-corrected chi connectivity index (χ4v) is 1.77. The third kappa shape index (κ3) is 4.50. The Balaban J connectivity index is 1.86. The summed E-state index contributed by atoms with van der Waals surface area (Å²) in [5.74, 6) is 1.19. The van der Waals surface area contributed by atoms with Crippen LogP contribution in [0.1, 0.15) is 19.4 Å². The van der Waals surface area contributed by atoms with E-state index >= 15 is 0 Å². The normalized spacial score (nSPS) is 10.6. The molecule has 0 radical (unpaired) electrons. The molecule has 0 atom stereocenters. The Hall–Kier alpha value is -2.17. The average molecular weight is 274 g/mol. The molecule has 2 rings (SSSR count). The topological polar surface area (TPSA) is 49.8 Å². The molecule has 106 valence electrons. The first-order valence-electron chi connectivity index (χ1n) is 6.71. The molecular formula is C15H19FN4. The van der Waals surface area contributed by atoms with Gasteiger partial charge in [-0.05, 0) is 44.0 Å². The Kier molecular flexibility index (Phi) is 4.87. The number of hydrogen-bond donors (Lipinski definition) is 2. The van der Waals surface area contributed by atoms with E-state index in [1.807, 2.05) is 19.9 Å². The molecule has 0 unspecified atom stereocenters. The smallest absolute Gasteiger partial charge is 0.224 e. The van der Waals surface area contributed by atoms with E-state index in [0.29, 0.717) is 12.0 Å². The van der Waals surface area contributed by atoms with Crippen LogP contribution in [0.4, 0.5) is 16.2 Å². The van der Waals surface area contributed by atoms with Crippen LogP contribution in [0.2, 0.25) is 0 Å². The minimum Gasteiger partial charge on any atom is -0.370 e. The van der Waals surface area contributed by atoms with Crippen molar-refractivity contribution in [2.45, 2.75) is 26.3 Å². The number of anilines is 2. The van der Waals surface area contributed by atoms with Crippen molar-refractivity contribution in [3.63, 3.8) is 0 Å². The molecule has 0 saturated heterocycles. The molecule has 0 fully saturated rings. The number of hydrogen-bond acceptors (Lipinski definition) is 4. The quantitative estimate of drug-likeness (QED) is 0.850. The van der Waals surface area contributed by atoms with Gasteiger partial charge in [-0.2, -0.15) is 4.98 Å². The summed E-state index contributed by atoms with van der Waals surface area (Å²) in [5.41, 5.74) is 1.09. The number of benzene rings is 1. The zero-order valence-electron chi connectivity index (χ0n) is 11.7. The molecule has 5 heteroatoms. The Bertz CT molecular complexity index is 540. The van der Waals surface area contributed by atoms with Crippen molar-refractivity contribution in [3.05, 3.63) is 47.9 Å². The molecule has 0 saturated carbocycles. The van der Waals surface area contributed by atoms with Gasteiger partial charge in [-0.3, -0.25) is 0 Å². The number of aromatic nitrogens is 2. The molecule has 0 aliphatic carbocycles. The first kappa shape index (κ1) is 14.2. The molecule has 0 aliphatic heterocycles. The van der Waals surface area contributed by atoms with E-state index in [1.165, 1.54) is 12.1 Å². The molecule has 1 aromatic heterocycles. The van der Waals surface area contributed by atoms with Crippen molar-refractivity contribution >= 4 is 11.8 Å². The maximum atomic E-state index is 12.8. The molecule has 20 heavy (non-hydrogen) atoms. The molecule has 0 spiro atoms. The van der Waals surface area contributed by atoms with Gasteiger partial charge in [0.2, 0.25) is 5.95 Å². The lowest BCUT2D eigenvalue weighted by molar-refractivity contribution is 0.627. The number of nitrogens with zero attached hydrogens (tertiary/aromatic N) is 2. The van der Waals surface area contributed by atoms with E-state index in [1.54, 1.807) is 18.3 Å². The summed E-state index contributed by atoms with van der Waals surface area (Å²) in [6.07, 6.45) is 2.54. The number of rotatable bonds is 6. The summed E-state index contributed by atoms with van der Waals surface area (Å²) >= 11 is 0. The second-order valence-corrected chi connectivity index (χ2v) is 4.87. The summed E-state index contributed by atoms with van der Waals surface area (Å²) in [6.45, 7) is 4.82. The van der Waals surface area contributed by atoms with Gasteiger partial charge in [-0.1, -0.05) is 12.1 Å². The molecule has 1 aromatic carbocycles. The summed E-state index contributed by atoms with van der Waals surface area (Å²) in [5, 5.41) is 6.39. The Morgan fingerprint density at radius 1 is 1.15 bits per heavy atom. The van der Waals surface area contributed by atoms with E-state index < -0.39 is 0 Å². The maximum absolute atomic E-state index is 12.8. The molecule has 0 amide bonds. The lowest BCUT2D eigenvalue weighted by atomic mass is 10.1. The third-order valence-electron chi connectivity index (χ3n) is 2.71. The van der Waals surface area contributed by atoms with Crippen LogP contribution >= 0.6 is 0 Å². The van der Waals surface area contributed by atoms with Crippen molar-refractivity contribution in [2.75, 3.05) is 17.2 Å². The number of halogens is 1. The Labute approximate surface area is 118 Å². The highest BCUT2D eigenvalue weighted by molar-refractivity contribution is 5.40. The largest absolute Gasteiger partial charge is 0.370 e. The Morgan fingerprint density at radius 2 is 1.90 bits per heavy atom. The van der Waals surface area contributed by atoms with Crippen molar-refractivity contribution in [2.24, 2.45) is 0 Å². The van der Waals surface area contributed by atoms with Gasteiger partial charge in [-0.25, -0.2) is 9.37 Å². The van der Waals surface area contributed by atoms with Crippen LogP contribution in [0.3, 0.4) is 0 Å². The van der Waals surface area contributed by atoms with Gasteiger partial charge in [0, 0.05) is 18.8 Å². The molecular weight excluding hydrogens is 255 g/mol. The van der Waals surface area contributed by atoms with Crippen LogP contribution in [0, 0.1) is 5.82 Å². The Morgan fingerprint density at radius 3 is 2.60 bits per heavy atom. The van der Waals surface area contributed by atoms with Crippen LogP contribution in [0.15, 0.2) is 36.5 Å². The maximum Gasteiger partial charge on any atom is 0.224 e. The first-order chi connectivity index (χ1) is 9.63. The zero-order valence-corrected chi connectivity index (χ0v) is 11.7. The van der Waals surface area contributed by atoms with Crippen LogP contribution in [0.25, 0.3) is 0 Å². The van der Waals surface area contributed by atoms with E-state index in [-0.39, 0.29) is 5.82 Å². The van der Waals surface area contributed by atoms with E-state index in [4.69, 9.17) is 0 Å². The van der Waals surface area contributed by atoms with Gasteiger partial charge in [0.25, 0.3) is 0 Å². The summed E-state index contributed by atoms with van der Waals surface area (Å²) in [6, 6.07) is 8.67. The molecule has 4 nitrogen and oxygen atoms in total. The predicted molar refractivity (Wildman–Crippen MR) is 79.4 cm³/mol. The van der Waals surface area contributed by atoms with Gasteiger partial charge in [-0.15, -0.1) is 0 Å². The van der Waals surface area contributed by atoms with Gasteiger partial charge >= 0.3 is 0 Å². The summed E-state index contributed by atoms with van der Waals surface area (Å²) in [7, 11) is 0. The molecule has 2 aromatic rings. The standard InChI is InChI=1S/C15H19FN4/c1-11(2)19-15-18-10-8-14(20-15)17-9-7-12-3-5-13(16)6-4-12/h3-6,8,10-11H,7,9H2,1-2H3,(H2,17,18,19,20). The molecule has 0 aliphatic rings. The first-order valence-corrected chi connectivity index (χ1v) is 6.71. The van der Waals surface area contributed by atoms with Crippen molar-refractivity contribution in [1.82, 2.24) is 9.97 Å². The zero-order chi connectivity index (χ0) is 14.4. The minimum absolute atomic E-state index is 0.207. The van der Waals surface area contributed by atoms with E-state index in [2.05, 4.69) is 20.6 Å². The highest BCUT2D eigenvalue weighted by Crippen LogP contribution is 2.08. The SMILES string of the molecule is CC(C)Nc1nccc(NCCc2ccc(F)cc2)n1. The fourth-order valence-electron chi connectivity index (χ4n) is 1.77. The van der Waals surface area contributed by atoms with E-state index in [0.717, 1.165) is 24.3 Å². The second kappa shape index (κ2) is 6.84. The van der Waals surface area contributed by atoms with Gasteiger partial charge in [0.15, 0.2) is 0 Å². The number of nitrogens with one attached hydrogen (secondary N) is 2. The van der Waals surface area contributed by atoms with Crippen LogP contribution < -0.4 is 10.6 Å². The van der Waals surface area contributed by atoms with Gasteiger partial charge in [0.05, 0.1) is 0 Å². The van der Waals surface area contributed by atoms with Crippen molar-refractivity contribution in [3.8, 4) is 0 Å². The van der Waals surface area contributed by atoms with Crippen LogP contribution in [-0.4, -0.2) is 22.6 Å². The predicted octanol–water partition coefficient (Wildman–Crippen LogP) is 3.09. The lowest BCUT2D eigenvalue weighted by Gasteiger charge is -2.10. The highest BCUT2D eigenvalue weighted by atomic mass is 19.1. The van der Waals surface area contributed by atoms with Crippen LogP contribution in [0.5, 0.6) is 0 Å². The van der Waals surface area contributed by atoms with Crippen molar-refractivity contribution in [1.29, 1.82) is 0 Å². The molecule has 1 heterocycles. The third-order valence-corrected chi connectivity index (χ3v) is 2.71. The second-order valence-electron chi connectivity index (χ2n) is 4.87.